The summed E-state index contributed by atoms with van der Waals surface area (Å²) >= 11 is 1.63. The highest BCUT2D eigenvalue weighted by Gasteiger charge is 2.23. The van der Waals surface area contributed by atoms with Gasteiger partial charge in [0.15, 0.2) is 5.82 Å². The van der Waals surface area contributed by atoms with E-state index in [4.69, 9.17) is 0 Å². The Morgan fingerprint density at radius 2 is 2.15 bits per heavy atom. The maximum Gasteiger partial charge on any atom is 0.225 e. The number of aromatic amines is 1. The van der Waals surface area contributed by atoms with Gasteiger partial charge in [-0.3, -0.25) is 9.89 Å². The van der Waals surface area contributed by atoms with Crippen molar-refractivity contribution in [1.82, 2.24) is 15.5 Å². The number of carbonyl (C=O) groups excluding carboxylic acids is 1. The maximum absolute atomic E-state index is 12.3. The van der Waals surface area contributed by atoms with Crippen LogP contribution in [0.25, 0.3) is 11.3 Å². The van der Waals surface area contributed by atoms with E-state index >= 15 is 0 Å². The van der Waals surface area contributed by atoms with Gasteiger partial charge in [0.2, 0.25) is 5.91 Å². The third-order valence-electron chi connectivity index (χ3n) is 4.67. The third-order valence-corrected chi connectivity index (χ3v) is 5.55. The largest absolute Gasteiger partial charge is 0.353 e. The molecule has 1 unspecified atom stereocenters. The highest BCUT2D eigenvalue weighted by atomic mass is 32.1. The lowest BCUT2D eigenvalue weighted by atomic mass is 10.1. The van der Waals surface area contributed by atoms with Crippen molar-refractivity contribution in [2.45, 2.75) is 25.3 Å². The van der Waals surface area contributed by atoms with E-state index in [1.54, 1.807) is 11.3 Å². The summed E-state index contributed by atoms with van der Waals surface area (Å²) in [5.41, 5.74) is 2.15. The van der Waals surface area contributed by atoms with E-state index in [9.17, 15) is 4.79 Å². The molecule has 1 saturated heterocycles. The second kappa shape index (κ2) is 7.74. The van der Waals surface area contributed by atoms with Gasteiger partial charge in [-0.25, -0.2) is 0 Å². The van der Waals surface area contributed by atoms with Crippen LogP contribution in [-0.4, -0.2) is 35.2 Å². The standard InChI is InChI=1S/C20H22N4OS/c25-20(12-17-9-5-11-26-17)21-16-8-4-10-24(14-16)19-13-18(22-23-19)15-6-2-1-3-7-15/h1-3,5-7,9,11,13,16H,4,8,10,12,14H2,(H,21,25)(H,22,23). The fourth-order valence-corrected chi connectivity index (χ4v) is 4.10. The summed E-state index contributed by atoms with van der Waals surface area (Å²) in [6.45, 7) is 1.77. The molecule has 2 N–H and O–H groups in total. The average molecular weight is 366 g/mol. The van der Waals surface area contributed by atoms with E-state index in [1.165, 1.54) is 0 Å². The predicted octanol–water partition coefficient (Wildman–Crippen LogP) is 3.47. The van der Waals surface area contributed by atoms with Crippen molar-refractivity contribution in [1.29, 1.82) is 0 Å². The topological polar surface area (TPSA) is 61.0 Å². The van der Waals surface area contributed by atoms with Crippen LogP contribution in [0.5, 0.6) is 0 Å². The van der Waals surface area contributed by atoms with Gasteiger partial charge in [-0.05, 0) is 29.9 Å². The molecule has 0 aliphatic carbocycles. The number of carbonyl (C=O) groups is 1. The summed E-state index contributed by atoms with van der Waals surface area (Å²) in [4.78, 5) is 15.6. The minimum atomic E-state index is 0.103. The first kappa shape index (κ1) is 16.8. The molecule has 0 spiro atoms. The molecule has 3 aromatic rings. The highest BCUT2D eigenvalue weighted by molar-refractivity contribution is 7.10. The number of thiophene rings is 1. The molecule has 3 heterocycles. The lowest BCUT2D eigenvalue weighted by Crippen LogP contribution is -2.48. The lowest BCUT2D eigenvalue weighted by Gasteiger charge is -2.33. The van der Waals surface area contributed by atoms with Crippen LogP contribution in [0.2, 0.25) is 0 Å². The van der Waals surface area contributed by atoms with Crippen LogP contribution in [0, 0.1) is 0 Å². The Hall–Kier alpha value is -2.60. The molecule has 0 saturated carbocycles. The van der Waals surface area contributed by atoms with Crippen LogP contribution < -0.4 is 10.2 Å². The fraction of sp³-hybridized carbons (Fsp3) is 0.300. The van der Waals surface area contributed by atoms with Crippen molar-refractivity contribution in [2.24, 2.45) is 0 Å². The molecular weight excluding hydrogens is 344 g/mol. The van der Waals surface area contributed by atoms with Crippen LogP contribution in [0.15, 0.2) is 53.9 Å². The van der Waals surface area contributed by atoms with Gasteiger partial charge in [0.05, 0.1) is 12.1 Å². The molecule has 0 radical (unpaired) electrons. The lowest BCUT2D eigenvalue weighted by molar-refractivity contribution is -0.121. The second-order valence-corrected chi connectivity index (χ2v) is 7.65. The maximum atomic E-state index is 12.3. The molecule has 26 heavy (non-hydrogen) atoms. The van der Waals surface area contributed by atoms with Crippen molar-refractivity contribution in [3.05, 3.63) is 58.8 Å². The van der Waals surface area contributed by atoms with Crippen LogP contribution in [0.3, 0.4) is 0 Å². The smallest absolute Gasteiger partial charge is 0.225 e. The number of H-pyrrole nitrogens is 1. The van der Waals surface area contributed by atoms with E-state index in [-0.39, 0.29) is 11.9 Å². The first-order chi connectivity index (χ1) is 12.8. The zero-order valence-electron chi connectivity index (χ0n) is 14.5. The van der Waals surface area contributed by atoms with E-state index in [1.807, 2.05) is 35.7 Å². The van der Waals surface area contributed by atoms with Gasteiger partial charge in [0.25, 0.3) is 0 Å². The Balaban J connectivity index is 1.38. The fourth-order valence-electron chi connectivity index (χ4n) is 3.39. The zero-order valence-corrected chi connectivity index (χ0v) is 15.3. The molecule has 1 aliphatic heterocycles. The number of benzene rings is 1. The number of rotatable bonds is 5. The first-order valence-corrected chi connectivity index (χ1v) is 9.83. The first-order valence-electron chi connectivity index (χ1n) is 8.95. The molecule has 1 amide bonds. The summed E-state index contributed by atoms with van der Waals surface area (Å²) < 4.78 is 0. The van der Waals surface area contributed by atoms with Crippen molar-refractivity contribution in [3.8, 4) is 11.3 Å². The molecule has 1 aliphatic rings. The van der Waals surface area contributed by atoms with Crippen molar-refractivity contribution >= 4 is 23.1 Å². The van der Waals surface area contributed by atoms with E-state index in [2.05, 4.69) is 38.6 Å². The molecule has 2 aromatic heterocycles. The summed E-state index contributed by atoms with van der Waals surface area (Å²) in [6, 6.07) is 16.4. The number of piperidine rings is 1. The Labute approximate surface area is 157 Å². The molecule has 1 aromatic carbocycles. The van der Waals surface area contributed by atoms with Gasteiger partial charge in [0.1, 0.15) is 0 Å². The highest BCUT2D eigenvalue weighted by Crippen LogP contribution is 2.24. The molecule has 134 valence electrons. The van der Waals surface area contributed by atoms with Crippen LogP contribution in [0.1, 0.15) is 17.7 Å². The van der Waals surface area contributed by atoms with Crippen LogP contribution >= 0.6 is 11.3 Å². The minimum absolute atomic E-state index is 0.103. The predicted molar refractivity (Wildman–Crippen MR) is 105 cm³/mol. The van der Waals surface area contributed by atoms with Crippen molar-refractivity contribution in [2.75, 3.05) is 18.0 Å². The normalized spacial score (nSPS) is 17.2. The number of nitrogens with zero attached hydrogens (tertiary/aromatic N) is 2. The number of hydrogen-bond acceptors (Lipinski definition) is 4. The number of anilines is 1. The summed E-state index contributed by atoms with van der Waals surface area (Å²) in [7, 11) is 0. The molecule has 6 heteroatoms. The Bertz CT molecular complexity index is 844. The Kier molecular flexibility index (Phi) is 5.02. The van der Waals surface area contributed by atoms with Gasteiger partial charge >= 0.3 is 0 Å². The quantitative estimate of drug-likeness (QED) is 0.727. The van der Waals surface area contributed by atoms with Crippen LogP contribution in [-0.2, 0) is 11.2 Å². The Morgan fingerprint density at radius 3 is 2.96 bits per heavy atom. The zero-order chi connectivity index (χ0) is 17.8. The van der Waals surface area contributed by atoms with Crippen molar-refractivity contribution in [3.63, 3.8) is 0 Å². The SMILES string of the molecule is O=C(Cc1cccs1)NC1CCCN(c2cc(-c3ccccc3)[nH]n2)C1. The molecule has 4 rings (SSSR count). The molecule has 1 fully saturated rings. The average Bonchev–Trinajstić information content (AvgIpc) is 3.34. The summed E-state index contributed by atoms with van der Waals surface area (Å²) in [6.07, 6.45) is 2.54. The van der Waals surface area contributed by atoms with Gasteiger partial charge in [-0.1, -0.05) is 36.4 Å². The molecular formula is C20H22N4OS. The molecule has 5 nitrogen and oxygen atoms in total. The number of aromatic nitrogens is 2. The minimum Gasteiger partial charge on any atom is -0.353 e. The van der Waals surface area contributed by atoms with Gasteiger partial charge < -0.3 is 10.2 Å². The number of amides is 1. The van der Waals surface area contributed by atoms with Gasteiger partial charge in [0, 0.05) is 30.1 Å². The van der Waals surface area contributed by atoms with Gasteiger partial charge in [-0.2, -0.15) is 5.10 Å². The Morgan fingerprint density at radius 1 is 1.27 bits per heavy atom. The number of nitrogens with one attached hydrogen (secondary N) is 2. The van der Waals surface area contributed by atoms with Crippen LogP contribution in [0.4, 0.5) is 5.82 Å². The van der Waals surface area contributed by atoms with Gasteiger partial charge in [-0.15, -0.1) is 11.3 Å². The van der Waals surface area contributed by atoms with E-state index in [0.717, 1.165) is 47.9 Å². The molecule has 0 bridgehead atoms. The third kappa shape index (κ3) is 3.96. The summed E-state index contributed by atoms with van der Waals surface area (Å²) in [5.74, 6) is 1.05. The van der Waals surface area contributed by atoms with Crippen molar-refractivity contribution < 1.29 is 4.79 Å². The van der Waals surface area contributed by atoms with E-state index in [0.29, 0.717) is 6.42 Å². The number of hydrogen-bond donors (Lipinski definition) is 2. The van der Waals surface area contributed by atoms with E-state index < -0.39 is 0 Å². The second-order valence-electron chi connectivity index (χ2n) is 6.61. The summed E-state index contributed by atoms with van der Waals surface area (Å²) in [5, 5.41) is 12.8. The monoisotopic (exact) mass is 366 g/mol. The molecule has 1 atom stereocenters.